The molecule has 0 radical (unpaired) electrons. The fraction of sp³-hybridized carbons (Fsp3) is 0.611. The molecule has 1 amide bonds. The van der Waals surface area contributed by atoms with Crippen LogP contribution in [0.5, 0.6) is 5.75 Å². The Hall–Kier alpha value is -1.75. The number of benzene rings is 1. The van der Waals surface area contributed by atoms with Crippen LogP contribution >= 0.6 is 0 Å². The first-order valence-corrected chi connectivity index (χ1v) is 8.57. The predicted octanol–water partition coefficient (Wildman–Crippen LogP) is 2.08. The maximum Gasteiger partial charge on any atom is 0.223 e. The van der Waals surface area contributed by atoms with Gasteiger partial charge in [0.15, 0.2) is 0 Å². The second-order valence-corrected chi connectivity index (χ2v) is 5.84. The van der Waals surface area contributed by atoms with Gasteiger partial charge in [0.1, 0.15) is 5.75 Å². The number of rotatable bonds is 7. The first-order valence-electron chi connectivity index (χ1n) is 8.57. The van der Waals surface area contributed by atoms with Crippen molar-refractivity contribution in [3.05, 3.63) is 24.3 Å². The summed E-state index contributed by atoms with van der Waals surface area (Å²) in [5.74, 6) is 1.16. The summed E-state index contributed by atoms with van der Waals surface area (Å²) < 4.78 is 5.19. The number of amides is 1. The molecule has 5 heteroatoms. The monoisotopic (exact) mass is 319 g/mol. The van der Waals surface area contributed by atoms with Crippen molar-refractivity contribution < 1.29 is 9.53 Å². The lowest BCUT2D eigenvalue weighted by Crippen LogP contribution is -2.49. The maximum atomic E-state index is 12.3. The molecule has 128 valence electrons. The molecule has 0 saturated carbocycles. The molecule has 0 atom stereocenters. The van der Waals surface area contributed by atoms with E-state index in [2.05, 4.69) is 35.8 Å². The SMILES string of the molecule is CCN(CC)CCC(=O)N1CCN(c2ccc(OC)cc2)CC1. The van der Waals surface area contributed by atoms with Gasteiger partial charge in [-0.3, -0.25) is 4.79 Å². The van der Waals surface area contributed by atoms with Crippen LogP contribution in [0.3, 0.4) is 0 Å². The van der Waals surface area contributed by atoms with Crippen LogP contribution in [0.2, 0.25) is 0 Å². The van der Waals surface area contributed by atoms with Crippen LogP contribution in [0.1, 0.15) is 20.3 Å². The first kappa shape index (κ1) is 17.6. The Morgan fingerprint density at radius 2 is 1.70 bits per heavy atom. The van der Waals surface area contributed by atoms with Gasteiger partial charge in [0, 0.05) is 44.8 Å². The highest BCUT2D eigenvalue weighted by Crippen LogP contribution is 2.20. The third-order valence-electron chi connectivity index (χ3n) is 4.61. The Morgan fingerprint density at radius 1 is 1.09 bits per heavy atom. The Morgan fingerprint density at radius 3 is 2.22 bits per heavy atom. The standard InChI is InChI=1S/C18H29N3O2/c1-4-19(5-2)11-10-18(22)21-14-12-20(13-15-21)16-6-8-17(23-3)9-7-16/h6-9H,4-5,10-15H2,1-3H3. The summed E-state index contributed by atoms with van der Waals surface area (Å²) in [6.45, 7) is 10.6. The van der Waals surface area contributed by atoms with Gasteiger partial charge < -0.3 is 19.4 Å². The van der Waals surface area contributed by atoms with Crippen LogP contribution in [0.25, 0.3) is 0 Å². The molecule has 2 rings (SSSR count). The van der Waals surface area contributed by atoms with E-state index in [9.17, 15) is 4.79 Å². The minimum absolute atomic E-state index is 0.284. The number of hydrogen-bond acceptors (Lipinski definition) is 4. The minimum Gasteiger partial charge on any atom is -0.497 e. The molecular weight excluding hydrogens is 290 g/mol. The summed E-state index contributed by atoms with van der Waals surface area (Å²) >= 11 is 0. The van der Waals surface area contributed by atoms with Crippen molar-refractivity contribution in [1.82, 2.24) is 9.80 Å². The van der Waals surface area contributed by atoms with Crippen molar-refractivity contribution in [2.75, 3.05) is 57.8 Å². The predicted molar refractivity (Wildman–Crippen MR) is 94.2 cm³/mol. The molecule has 5 nitrogen and oxygen atoms in total. The summed E-state index contributed by atoms with van der Waals surface area (Å²) in [6.07, 6.45) is 0.629. The van der Waals surface area contributed by atoms with Crippen LogP contribution in [-0.2, 0) is 4.79 Å². The minimum atomic E-state index is 0.284. The second kappa shape index (κ2) is 8.77. The summed E-state index contributed by atoms with van der Waals surface area (Å²) in [5.41, 5.74) is 1.20. The quantitative estimate of drug-likeness (QED) is 0.771. The molecule has 1 aliphatic rings. The van der Waals surface area contributed by atoms with Gasteiger partial charge in [-0.15, -0.1) is 0 Å². The zero-order valence-electron chi connectivity index (χ0n) is 14.6. The summed E-state index contributed by atoms with van der Waals surface area (Å²) in [4.78, 5) is 19.0. The zero-order chi connectivity index (χ0) is 16.7. The van der Waals surface area contributed by atoms with Gasteiger partial charge in [-0.1, -0.05) is 13.8 Å². The summed E-state index contributed by atoms with van der Waals surface area (Å²) in [5, 5.41) is 0. The molecule has 0 aromatic heterocycles. The van der Waals surface area contributed by atoms with E-state index in [0.29, 0.717) is 6.42 Å². The summed E-state index contributed by atoms with van der Waals surface area (Å²) in [7, 11) is 1.68. The molecule has 0 bridgehead atoms. The molecule has 1 saturated heterocycles. The normalized spacial score (nSPS) is 15.1. The highest BCUT2D eigenvalue weighted by Gasteiger charge is 2.21. The zero-order valence-corrected chi connectivity index (χ0v) is 14.6. The molecule has 1 aromatic rings. The number of nitrogens with zero attached hydrogens (tertiary/aromatic N) is 3. The van der Waals surface area contributed by atoms with Crippen LogP contribution in [-0.4, -0.2) is 68.6 Å². The largest absolute Gasteiger partial charge is 0.497 e. The third kappa shape index (κ3) is 4.86. The molecule has 1 fully saturated rings. The first-order chi connectivity index (χ1) is 11.2. The lowest BCUT2D eigenvalue weighted by Gasteiger charge is -2.36. The molecule has 0 unspecified atom stereocenters. The van der Waals surface area contributed by atoms with E-state index in [0.717, 1.165) is 51.6 Å². The van der Waals surface area contributed by atoms with E-state index in [-0.39, 0.29) is 5.91 Å². The van der Waals surface area contributed by atoms with Gasteiger partial charge in [0.2, 0.25) is 5.91 Å². The number of piperazine rings is 1. The van der Waals surface area contributed by atoms with Crippen molar-refractivity contribution in [3.8, 4) is 5.75 Å². The Kier molecular flexibility index (Phi) is 6.71. The Bertz CT molecular complexity index is 478. The van der Waals surface area contributed by atoms with Gasteiger partial charge in [-0.25, -0.2) is 0 Å². The second-order valence-electron chi connectivity index (χ2n) is 5.84. The van der Waals surface area contributed by atoms with E-state index in [4.69, 9.17) is 4.74 Å². The van der Waals surface area contributed by atoms with E-state index >= 15 is 0 Å². The molecule has 23 heavy (non-hydrogen) atoms. The third-order valence-corrected chi connectivity index (χ3v) is 4.61. The van der Waals surface area contributed by atoms with Crippen molar-refractivity contribution in [3.63, 3.8) is 0 Å². The van der Waals surface area contributed by atoms with Gasteiger partial charge in [0.25, 0.3) is 0 Å². The molecule has 0 aliphatic carbocycles. The van der Waals surface area contributed by atoms with E-state index in [1.807, 2.05) is 17.0 Å². The molecule has 1 aromatic carbocycles. The molecule has 1 aliphatic heterocycles. The number of ether oxygens (including phenoxy) is 1. The van der Waals surface area contributed by atoms with Crippen molar-refractivity contribution >= 4 is 11.6 Å². The highest BCUT2D eigenvalue weighted by atomic mass is 16.5. The van der Waals surface area contributed by atoms with Gasteiger partial charge >= 0.3 is 0 Å². The molecule has 0 N–H and O–H groups in total. The number of carbonyl (C=O) groups excluding carboxylic acids is 1. The van der Waals surface area contributed by atoms with E-state index in [1.54, 1.807) is 7.11 Å². The summed E-state index contributed by atoms with van der Waals surface area (Å²) in [6, 6.07) is 8.13. The fourth-order valence-electron chi connectivity index (χ4n) is 2.96. The van der Waals surface area contributed by atoms with Gasteiger partial charge in [-0.2, -0.15) is 0 Å². The van der Waals surface area contributed by atoms with Crippen LogP contribution in [0.15, 0.2) is 24.3 Å². The Balaban J connectivity index is 1.79. The van der Waals surface area contributed by atoms with Crippen LogP contribution < -0.4 is 9.64 Å². The van der Waals surface area contributed by atoms with Crippen molar-refractivity contribution in [2.45, 2.75) is 20.3 Å². The smallest absolute Gasteiger partial charge is 0.223 e. The fourth-order valence-corrected chi connectivity index (χ4v) is 2.96. The maximum absolute atomic E-state index is 12.3. The highest BCUT2D eigenvalue weighted by molar-refractivity contribution is 5.76. The lowest BCUT2D eigenvalue weighted by molar-refractivity contribution is -0.131. The number of hydrogen-bond donors (Lipinski definition) is 0. The lowest BCUT2D eigenvalue weighted by atomic mass is 10.2. The topological polar surface area (TPSA) is 36.0 Å². The average Bonchev–Trinajstić information content (AvgIpc) is 2.62. The van der Waals surface area contributed by atoms with Gasteiger partial charge in [0.05, 0.1) is 7.11 Å². The molecule has 1 heterocycles. The number of methoxy groups -OCH3 is 1. The Labute approximate surface area is 139 Å². The molecular formula is C18H29N3O2. The number of anilines is 1. The molecule has 0 spiro atoms. The van der Waals surface area contributed by atoms with E-state index < -0.39 is 0 Å². The van der Waals surface area contributed by atoms with Crippen LogP contribution in [0, 0.1) is 0 Å². The van der Waals surface area contributed by atoms with Crippen LogP contribution in [0.4, 0.5) is 5.69 Å². The van der Waals surface area contributed by atoms with Crippen molar-refractivity contribution in [2.24, 2.45) is 0 Å². The average molecular weight is 319 g/mol. The number of carbonyl (C=O) groups is 1. The van der Waals surface area contributed by atoms with E-state index in [1.165, 1.54) is 5.69 Å². The van der Waals surface area contributed by atoms with Crippen molar-refractivity contribution in [1.29, 1.82) is 0 Å². The van der Waals surface area contributed by atoms with Gasteiger partial charge in [-0.05, 0) is 37.4 Å².